The molecule has 1 aromatic rings. The maximum Gasteiger partial charge on any atom is 0.293 e. The molecule has 0 unspecified atom stereocenters. The molecule has 1 aromatic carbocycles. The van der Waals surface area contributed by atoms with Gasteiger partial charge in [0, 0.05) is 38.5 Å². The fourth-order valence-electron chi connectivity index (χ4n) is 2.51. The van der Waals surface area contributed by atoms with Crippen LogP contribution in [0.4, 0.5) is 11.4 Å². The second-order valence-corrected chi connectivity index (χ2v) is 7.43. The van der Waals surface area contributed by atoms with E-state index in [9.17, 15) is 23.3 Å². The van der Waals surface area contributed by atoms with E-state index >= 15 is 0 Å². The summed E-state index contributed by atoms with van der Waals surface area (Å²) in [7, 11) is -3.51. The van der Waals surface area contributed by atoms with Crippen LogP contribution in [0.25, 0.3) is 0 Å². The summed E-state index contributed by atoms with van der Waals surface area (Å²) >= 11 is 0. The van der Waals surface area contributed by atoms with Crippen molar-refractivity contribution in [1.29, 1.82) is 0 Å². The van der Waals surface area contributed by atoms with Crippen LogP contribution < -0.4 is 10.6 Å². The Morgan fingerprint density at radius 1 is 1.30 bits per heavy atom. The van der Waals surface area contributed by atoms with Crippen LogP contribution in [-0.2, 0) is 14.6 Å². The van der Waals surface area contributed by atoms with Gasteiger partial charge in [-0.15, -0.1) is 0 Å². The third-order valence-corrected chi connectivity index (χ3v) is 4.77. The number of amides is 1. The number of nitro benzene ring substituents is 1. The van der Waals surface area contributed by atoms with Gasteiger partial charge in [-0.25, -0.2) is 8.42 Å². The first-order chi connectivity index (χ1) is 10.7. The summed E-state index contributed by atoms with van der Waals surface area (Å²) in [4.78, 5) is 25.2. The molecule has 1 fully saturated rings. The molecule has 1 aliphatic rings. The lowest BCUT2D eigenvalue weighted by atomic mass is 10.2. The van der Waals surface area contributed by atoms with E-state index in [0.29, 0.717) is 31.9 Å². The minimum atomic E-state index is -3.51. The summed E-state index contributed by atoms with van der Waals surface area (Å²) in [5, 5.41) is 11.3. The van der Waals surface area contributed by atoms with Crippen molar-refractivity contribution >= 4 is 27.1 Å². The summed E-state index contributed by atoms with van der Waals surface area (Å²) < 4.78 is 23.1. The molecule has 10 heteroatoms. The summed E-state index contributed by atoms with van der Waals surface area (Å²) in [6, 6.07) is 3.91. The summed E-state index contributed by atoms with van der Waals surface area (Å²) in [5.74, 6) is -0.415. The number of carbonyl (C=O) groups excluding carboxylic acids is 1. The number of rotatable bonds is 5. The Balaban J connectivity index is 2.23. The highest BCUT2D eigenvalue weighted by Crippen LogP contribution is 2.31. The van der Waals surface area contributed by atoms with Gasteiger partial charge < -0.3 is 10.6 Å². The van der Waals surface area contributed by atoms with Gasteiger partial charge in [-0.1, -0.05) is 0 Å². The molecule has 0 aliphatic carbocycles. The van der Waals surface area contributed by atoms with E-state index in [4.69, 9.17) is 5.73 Å². The van der Waals surface area contributed by atoms with E-state index in [-0.39, 0.29) is 17.1 Å². The van der Waals surface area contributed by atoms with Crippen LogP contribution in [0.1, 0.15) is 0 Å². The van der Waals surface area contributed by atoms with Crippen molar-refractivity contribution in [3.05, 3.63) is 28.3 Å². The predicted molar refractivity (Wildman–Crippen MR) is 84.1 cm³/mol. The number of piperazine rings is 1. The number of sulfone groups is 1. The summed E-state index contributed by atoms with van der Waals surface area (Å²) in [6.45, 7) is 2.24. The van der Waals surface area contributed by atoms with Gasteiger partial charge in [0.15, 0.2) is 9.84 Å². The second-order valence-electron chi connectivity index (χ2n) is 5.41. The number of benzene rings is 1. The van der Waals surface area contributed by atoms with Gasteiger partial charge in [0.05, 0.1) is 16.4 Å². The predicted octanol–water partition coefficient (Wildman–Crippen LogP) is -0.394. The Hall–Kier alpha value is -2.20. The lowest BCUT2D eigenvalue weighted by Crippen LogP contribution is -2.49. The van der Waals surface area contributed by atoms with Gasteiger partial charge in [0.1, 0.15) is 5.69 Å². The monoisotopic (exact) mass is 342 g/mol. The average Bonchev–Trinajstić information content (AvgIpc) is 2.46. The van der Waals surface area contributed by atoms with Gasteiger partial charge >= 0.3 is 0 Å². The van der Waals surface area contributed by atoms with E-state index < -0.39 is 20.7 Å². The minimum absolute atomic E-state index is 0.0830. The normalized spacial score (nSPS) is 16.3. The molecule has 2 rings (SSSR count). The fourth-order valence-corrected chi connectivity index (χ4v) is 3.16. The molecule has 0 aromatic heterocycles. The highest BCUT2D eigenvalue weighted by molar-refractivity contribution is 7.90. The highest BCUT2D eigenvalue weighted by atomic mass is 32.2. The lowest BCUT2D eigenvalue weighted by molar-refractivity contribution is -0.384. The molecule has 1 aliphatic heterocycles. The Morgan fingerprint density at radius 2 is 1.91 bits per heavy atom. The van der Waals surface area contributed by atoms with Gasteiger partial charge in [-0.3, -0.25) is 19.8 Å². The molecular weight excluding hydrogens is 324 g/mol. The van der Waals surface area contributed by atoms with Crippen molar-refractivity contribution < 1.29 is 18.1 Å². The van der Waals surface area contributed by atoms with Crippen molar-refractivity contribution in [3.63, 3.8) is 0 Å². The lowest BCUT2D eigenvalue weighted by Gasteiger charge is -2.35. The minimum Gasteiger partial charge on any atom is -0.369 e. The van der Waals surface area contributed by atoms with Gasteiger partial charge in [0.2, 0.25) is 5.91 Å². The van der Waals surface area contributed by atoms with E-state index in [1.54, 1.807) is 0 Å². The first-order valence-electron chi connectivity index (χ1n) is 6.92. The maximum absolute atomic E-state index is 11.6. The SMILES string of the molecule is CS(=O)(=O)c1ccc(N2CCN(CC(N)=O)CC2)c([N+](=O)[O-])c1. The molecule has 1 amide bonds. The van der Waals surface area contributed by atoms with Gasteiger partial charge in [-0.2, -0.15) is 0 Å². The van der Waals surface area contributed by atoms with Crippen LogP contribution >= 0.6 is 0 Å². The van der Waals surface area contributed by atoms with E-state index in [2.05, 4.69) is 0 Å². The number of nitrogens with two attached hydrogens (primary N) is 1. The Bertz CT molecular complexity index is 726. The molecule has 1 heterocycles. The van der Waals surface area contributed by atoms with Crippen LogP contribution in [0.2, 0.25) is 0 Å². The molecule has 23 heavy (non-hydrogen) atoms. The average molecular weight is 342 g/mol. The molecule has 126 valence electrons. The zero-order valence-electron chi connectivity index (χ0n) is 12.6. The Morgan fingerprint density at radius 3 is 2.39 bits per heavy atom. The topological polar surface area (TPSA) is 127 Å². The molecule has 0 saturated carbocycles. The number of anilines is 1. The molecule has 1 saturated heterocycles. The third-order valence-electron chi connectivity index (χ3n) is 3.66. The second kappa shape index (κ2) is 6.50. The van der Waals surface area contributed by atoms with Gasteiger partial charge in [0.25, 0.3) is 5.69 Å². The van der Waals surface area contributed by atoms with E-state index in [1.807, 2.05) is 9.80 Å². The number of primary amides is 1. The maximum atomic E-state index is 11.6. The molecule has 0 bridgehead atoms. The summed E-state index contributed by atoms with van der Waals surface area (Å²) in [6.07, 6.45) is 1.01. The number of carbonyl (C=O) groups is 1. The fraction of sp³-hybridized carbons (Fsp3) is 0.462. The molecule has 0 spiro atoms. The largest absolute Gasteiger partial charge is 0.369 e. The molecular formula is C13H18N4O5S. The van der Waals surface area contributed by atoms with Crippen molar-refractivity contribution in [2.75, 3.05) is 43.9 Å². The van der Waals surface area contributed by atoms with Crippen LogP contribution in [0.3, 0.4) is 0 Å². The standard InChI is InChI=1S/C13H18N4O5S/c1-23(21,22)10-2-3-11(12(8-10)17(19)20)16-6-4-15(5-7-16)9-13(14)18/h2-3,8H,4-7,9H2,1H3,(H2,14,18). The Kier molecular flexibility index (Phi) is 4.85. The van der Waals surface area contributed by atoms with Crippen LogP contribution in [0.15, 0.2) is 23.1 Å². The summed E-state index contributed by atoms with van der Waals surface area (Å²) in [5.41, 5.74) is 5.29. The van der Waals surface area contributed by atoms with E-state index in [0.717, 1.165) is 12.3 Å². The Labute approximate surface area is 133 Å². The van der Waals surface area contributed by atoms with Crippen molar-refractivity contribution in [2.24, 2.45) is 5.73 Å². The molecule has 2 N–H and O–H groups in total. The first kappa shape index (κ1) is 17.2. The third kappa shape index (κ3) is 4.17. The van der Waals surface area contributed by atoms with Gasteiger partial charge in [-0.05, 0) is 12.1 Å². The first-order valence-corrected chi connectivity index (χ1v) is 8.82. The van der Waals surface area contributed by atoms with Crippen LogP contribution in [-0.4, -0.2) is 63.1 Å². The highest BCUT2D eigenvalue weighted by Gasteiger charge is 2.25. The zero-order chi connectivity index (χ0) is 17.2. The van der Waals surface area contributed by atoms with Crippen molar-refractivity contribution in [2.45, 2.75) is 4.90 Å². The van der Waals surface area contributed by atoms with Crippen molar-refractivity contribution in [1.82, 2.24) is 4.90 Å². The zero-order valence-corrected chi connectivity index (χ0v) is 13.5. The smallest absolute Gasteiger partial charge is 0.293 e. The molecule has 0 radical (unpaired) electrons. The number of nitro groups is 1. The van der Waals surface area contributed by atoms with Crippen LogP contribution in [0, 0.1) is 10.1 Å². The van der Waals surface area contributed by atoms with E-state index in [1.165, 1.54) is 12.1 Å². The van der Waals surface area contributed by atoms with Crippen molar-refractivity contribution in [3.8, 4) is 0 Å². The number of nitrogens with zero attached hydrogens (tertiary/aromatic N) is 3. The number of hydrogen-bond donors (Lipinski definition) is 1. The van der Waals surface area contributed by atoms with Crippen LogP contribution in [0.5, 0.6) is 0 Å². The molecule has 9 nitrogen and oxygen atoms in total. The number of hydrogen-bond acceptors (Lipinski definition) is 7. The quantitative estimate of drug-likeness (QED) is 0.570. The molecule has 0 atom stereocenters.